The molecule has 0 aromatic carbocycles. The van der Waals surface area contributed by atoms with Gasteiger partial charge in [-0.1, -0.05) is 26.7 Å². The van der Waals surface area contributed by atoms with Crippen molar-refractivity contribution >= 4 is 36.0 Å². The fraction of sp³-hybridized carbons (Fsp3) is 0.652. The number of nitrogens with zero attached hydrogens (tertiary/aromatic N) is 7. The molecule has 6 heterocycles. The van der Waals surface area contributed by atoms with Crippen LogP contribution in [0.3, 0.4) is 0 Å². The molecule has 0 aliphatic carbocycles. The van der Waals surface area contributed by atoms with Gasteiger partial charge >= 0.3 is 36.9 Å². The van der Waals surface area contributed by atoms with Crippen LogP contribution in [0.1, 0.15) is 155 Å². The van der Waals surface area contributed by atoms with E-state index in [2.05, 4.69) is 30.4 Å². The van der Waals surface area contributed by atoms with Gasteiger partial charge in [-0.15, -0.1) is 32.8 Å². The second-order valence-corrected chi connectivity index (χ2v) is 19.8. The molecule has 0 fully saturated rings. The third-order valence-electron chi connectivity index (χ3n) is 11.5. The SMILES string of the molecule is CCC1CCCCC[C@](O)(C(F)(F)F)c2nnc(o2)-c2nc(c(C(F)(F)F)cc2N(C(=O)OC(C)(C)C)C(=O)OC(C)(C)C)O1.CCC1CCCCC[C@](O)(C(F)(F)F)c2nnc(o2)-c2nc(c(C(F)(F)F)cc2N)O1.Cl. The summed E-state index contributed by atoms with van der Waals surface area (Å²) >= 11 is 0. The van der Waals surface area contributed by atoms with Gasteiger partial charge in [0.2, 0.25) is 23.0 Å². The Morgan fingerprint density at radius 3 is 1.36 bits per heavy atom. The van der Waals surface area contributed by atoms with Gasteiger partial charge in [-0.2, -0.15) is 57.6 Å². The van der Waals surface area contributed by atoms with Crippen LogP contribution in [-0.2, 0) is 33.0 Å². The number of nitrogens with two attached hydrogens (primary N) is 1. The summed E-state index contributed by atoms with van der Waals surface area (Å²) in [5, 5.41) is 34.6. The van der Waals surface area contributed by atoms with Gasteiger partial charge in [-0.25, -0.2) is 19.6 Å². The number of hydrogen-bond donors (Lipinski definition) is 3. The van der Waals surface area contributed by atoms with Crippen LogP contribution in [0, 0.1) is 0 Å². The molecular weight excluding hydrogens is 1090 g/mol. The summed E-state index contributed by atoms with van der Waals surface area (Å²) in [7, 11) is 0. The van der Waals surface area contributed by atoms with E-state index in [9.17, 15) is 72.5 Å². The smallest absolute Gasteiger partial charge is 0.426 e. The van der Waals surface area contributed by atoms with E-state index in [0.29, 0.717) is 25.0 Å². The Kier molecular flexibility index (Phi) is 19.5. The Morgan fingerprint density at radius 1 is 0.623 bits per heavy atom. The molecule has 2 aliphatic heterocycles. The normalized spacial score (nSPS) is 21.1. The Hall–Kier alpha value is -5.91. The molecule has 4 atom stereocenters. The number of aromatic nitrogens is 6. The molecule has 432 valence electrons. The molecule has 18 nitrogen and oxygen atoms in total. The number of pyridine rings is 2. The van der Waals surface area contributed by atoms with E-state index < -0.39 is 154 Å². The van der Waals surface area contributed by atoms with E-state index in [1.54, 1.807) is 13.8 Å². The Morgan fingerprint density at radius 2 is 1.00 bits per heavy atom. The number of ether oxygens (including phenoxy) is 4. The Bertz CT molecular complexity index is 2640. The first-order valence-electron chi connectivity index (χ1n) is 23.7. The van der Waals surface area contributed by atoms with Crippen molar-refractivity contribution in [3.05, 3.63) is 35.0 Å². The van der Waals surface area contributed by atoms with Gasteiger partial charge in [0.25, 0.3) is 23.6 Å². The second kappa shape index (κ2) is 23.6. The van der Waals surface area contributed by atoms with Crippen molar-refractivity contribution in [1.82, 2.24) is 30.4 Å². The molecule has 0 saturated heterocycles. The quantitative estimate of drug-likeness (QED) is 0.161. The first-order chi connectivity index (χ1) is 34.8. The number of hydrogen-bond acceptors (Lipinski definition) is 17. The van der Waals surface area contributed by atoms with E-state index >= 15 is 0 Å². The number of alkyl halides is 12. The molecule has 0 spiro atoms. The third-order valence-corrected chi connectivity index (χ3v) is 11.5. The van der Waals surface area contributed by atoms with Crippen LogP contribution in [0.5, 0.6) is 11.8 Å². The number of rotatable bonds is 3. The summed E-state index contributed by atoms with van der Waals surface area (Å²) in [4.78, 5) is 34.5. The average molecular weight is 1150 g/mol. The molecule has 0 saturated carbocycles. The standard InChI is InChI=1S/C28H36F6N4O7.C18H20F6N4O3.ClH/c1-8-15-12-10-9-11-13-26(41,28(32,33)34)21-37-36-20(43-21)18-17(14-16(27(29,30)31)19(35-18)42-15)38(22(39)44-24(2,3)4)23(40)45-25(5,6)7;1-2-9-6-4-3-5-7-16(29,18(22,23)24)15-28-27-14(31-15)12-11(25)8-10(17(19,20)21)13(26-12)30-9;/h14-15,41H,8-13H2,1-7H3;8-9,29H,2-7,25H2,1H3;1H/t15?,26-;9?,16-;/m11./s1. The maximum absolute atomic E-state index is 14.5. The molecule has 4 aromatic heterocycles. The summed E-state index contributed by atoms with van der Waals surface area (Å²) in [6.45, 7) is 11.9. The summed E-state index contributed by atoms with van der Waals surface area (Å²) in [5.74, 6) is -5.87. The lowest BCUT2D eigenvalue weighted by atomic mass is 9.94. The van der Waals surface area contributed by atoms with Crippen molar-refractivity contribution in [3.63, 3.8) is 0 Å². The minimum Gasteiger partial charge on any atom is -0.474 e. The number of nitrogen functional groups attached to an aromatic ring is 1. The van der Waals surface area contributed by atoms with Gasteiger partial charge < -0.3 is 43.7 Å². The average Bonchev–Trinajstić information content (AvgIpc) is 3.97. The lowest BCUT2D eigenvalue weighted by Crippen LogP contribution is -2.44. The number of anilines is 2. The lowest BCUT2D eigenvalue weighted by Gasteiger charge is -2.30. The third kappa shape index (κ3) is 15.2. The van der Waals surface area contributed by atoms with Crippen LogP contribution < -0.4 is 20.1 Å². The van der Waals surface area contributed by atoms with Crippen molar-refractivity contribution in [2.24, 2.45) is 0 Å². The molecule has 4 aromatic rings. The van der Waals surface area contributed by atoms with Gasteiger partial charge in [0.15, 0.2) is 11.4 Å². The van der Waals surface area contributed by atoms with Crippen molar-refractivity contribution in [1.29, 1.82) is 0 Å². The number of halogens is 13. The number of carbonyl (C=O) groups is 2. The summed E-state index contributed by atoms with van der Waals surface area (Å²) in [6.07, 6.45) is -24.7. The minimum atomic E-state index is -5.29. The first-order valence-corrected chi connectivity index (χ1v) is 23.7. The van der Waals surface area contributed by atoms with Crippen LogP contribution in [0.25, 0.3) is 23.2 Å². The fourth-order valence-corrected chi connectivity index (χ4v) is 7.55. The number of imide groups is 1. The minimum absolute atomic E-state index is 0. The molecule has 77 heavy (non-hydrogen) atoms. The van der Waals surface area contributed by atoms with E-state index in [4.69, 9.17) is 33.5 Å². The van der Waals surface area contributed by atoms with E-state index in [-0.39, 0.29) is 68.7 Å². The molecule has 8 bridgehead atoms. The van der Waals surface area contributed by atoms with E-state index in [1.165, 1.54) is 41.5 Å². The predicted molar refractivity (Wildman–Crippen MR) is 247 cm³/mol. The van der Waals surface area contributed by atoms with E-state index in [1.807, 2.05) is 0 Å². The zero-order valence-corrected chi connectivity index (χ0v) is 43.4. The Labute approximate surface area is 438 Å². The van der Waals surface area contributed by atoms with Gasteiger partial charge in [0, 0.05) is 0 Å². The zero-order chi connectivity index (χ0) is 57.2. The second-order valence-electron chi connectivity index (χ2n) is 19.8. The van der Waals surface area contributed by atoms with Gasteiger partial charge in [-0.3, -0.25) is 0 Å². The highest BCUT2D eigenvalue weighted by Crippen LogP contribution is 2.48. The monoisotopic (exact) mass is 1140 g/mol. The summed E-state index contributed by atoms with van der Waals surface area (Å²) in [5.41, 5.74) is -9.50. The molecule has 2 aliphatic rings. The molecule has 6 rings (SSSR count). The molecule has 4 N–H and O–H groups in total. The number of amides is 2. The van der Waals surface area contributed by atoms with Crippen molar-refractivity contribution in [2.45, 2.75) is 192 Å². The van der Waals surface area contributed by atoms with Crippen LogP contribution in [0.15, 0.2) is 21.0 Å². The zero-order valence-electron chi connectivity index (χ0n) is 42.6. The van der Waals surface area contributed by atoms with Gasteiger partial charge in [0.05, 0.1) is 11.4 Å². The highest BCUT2D eigenvalue weighted by Gasteiger charge is 2.60. The number of fused-ring (bicyclic) bond motifs is 10. The molecular formula is C46H57ClF12N8O10. The first kappa shape index (κ1) is 63.6. The van der Waals surface area contributed by atoms with Crippen molar-refractivity contribution in [3.8, 4) is 34.9 Å². The summed E-state index contributed by atoms with van der Waals surface area (Å²) in [6, 6.07) is 0.889. The highest BCUT2D eigenvalue weighted by molar-refractivity contribution is 6.11. The number of carbonyl (C=O) groups excluding carboxylic acids is 2. The Balaban J connectivity index is 0.000000350. The van der Waals surface area contributed by atoms with Crippen LogP contribution in [0.4, 0.5) is 73.6 Å². The van der Waals surface area contributed by atoms with Crippen LogP contribution in [-0.4, -0.2) is 88.5 Å². The van der Waals surface area contributed by atoms with Crippen molar-refractivity contribution in [2.75, 3.05) is 10.6 Å². The van der Waals surface area contributed by atoms with Gasteiger partial charge in [-0.05, 0) is 118 Å². The predicted octanol–water partition coefficient (Wildman–Crippen LogP) is 12.7. The maximum atomic E-state index is 14.5. The van der Waals surface area contributed by atoms with Gasteiger partial charge in [0.1, 0.15) is 34.5 Å². The highest BCUT2D eigenvalue weighted by atomic mass is 35.5. The molecule has 2 unspecified atom stereocenters. The van der Waals surface area contributed by atoms with Crippen molar-refractivity contribution < 1.29 is 100 Å². The van der Waals surface area contributed by atoms with Crippen LogP contribution in [0.2, 0.25) is 0 Å². The molecule has 31 heteroatoms. The summed E-state index contributed by atoms with van der Waals surface area (Å²) < 4.78 is 199. The lowest BCUT2D eigenvalue weighted by molar-refractivity contribution is -0.277. The maximum Gasteiger partial charge on any atom is 0.426 e. The molecule has 0 radical (unpaired) electrons. The topological polar surface area (TPSA) is 244 Å². The van der Waals surface area contributed by atoms with E-state index in [0.717, 1.165) is 0 Å². The molecule has 2 amide bonds. The van der Waals surface area contributed by atoms with Crippen LogP contribution >= 0.6 is 12.4 Å². The largest absolute Gasteiger partial charge is 0.474 e. The fourth-order valence-electron chi connectivity index (χ4n) is 7.55. The number of aliphatic hydroxyl groups is 2.